The predicted octanol–water partition coefficient (Wildman–Crippen LogP) is 4.66. The highest BCUT2D eigenvalue weighted by atomic mass is 16.5. The molecule has 0 saturated carbocycles. The van der Waals surface area contributed by atoms with Crippen LogP contribution in [0, 0.1) is 0 Å². The van der Waals surface area contributed by atoms with E-state index >= 15 is 0 Å². The van der Waals surface area contributed by atoms with Crippen molar-refractivity contribution in [2.24, 2.45) is 0 Å². The van der Waals surface area contributed by atoms with Crippen LogP contribution in [0.5, 0.6) is 5.75 Å². The number of aromatic nitrogens is 1. The van der Waals surface area contributed by atoms with Crippen LogP contribution < -0.4 is 4.74 Å². The minimum atomic E-state index is -0.324. The Balaban J connectivity index is 1.57. The summed E-state index contributed by atoms with van der Waals surface area (Å²) in [6.45, 7) is 1.15. The highest BCUT2D eigenvalue weighted by Crippen LogP contribution is 2.26. The van der Waals surface area contributed by atoms with Gasteiger partial charge in [0.05, 0.1) is 19.2 Å². The minimum absolute atomic E-state index is 0.324. The van der Waals surface area contributed by atoms with Gasteiger partial charge in [0.2, 0.25) is 0 Å². The van der Waals surface area contributed by atoms with E-state index in [9.17, 15) is 4.79 Å². The van der Waals surface area contributed by atoms with Crippen molar-refractivity contribution in [1.29, 1.82) is 0 Å². The molecule has 0 fully saturated rings. The van der Waals surface area contributed by atoms with Crippen molar-refractivity contribution in [2.45, 2.75) is 6.54 Å². The fraction of sp³-hybridized carbons (Fsp3) is 0.136. The molecule has 4 aromatic rings. The fourth-order valence-electron chi connectivity index (χ4n) is 3.28. The van der Waals surface area contributed by atoms with Crippen LogP contribution in [-0.2, 0) is 11.3 Å². The molecular weight excluding hydrogens is 326 g/mol. The molecule has 26 heavy (non-hydrogen) atoms. The number of fused-ring (bicyclic) bond motifs is 2. The molecule has 0 N–H and O–H groups in total. The molecule has 0 aliphatic rings. The monoisotopic (exact) mass is 345 g/mol. The second kappa shape index (κ2) is 6.92. The summed E-state index contributed by atoms with van der Waals surface area (Å²) in [5.74, 6) is 0.544. The molecule has 0 bridgehead atoms. The van der Waals surface area contributed by atoms with Gasteiger partial charge in [-0.2, -0.15) is 0 Å². The predicted molar refractivity (Wildman–Crippen MR) is 103 cm³/mol. The lowest BCUT2D eigenvalue weighted by molar-refractivity contribution is 0.0602. The minimum Gasteiger partial charge on any atom is -0.491 e. The zero-order valence-corrected chi connectivity index (χ0v) is 14.5. The topological polar surface area (TPSA) is 40.5 Å². The van der Waals surface area contributed by atoms with Gasteiger partial charge in [-0.15, -0.1) is 0 Å². The smallest absolute Gasteiger partial charge is 0.340 e. The van der Waals surface area contributed by atoms with Gasteiger partial charge in [0, 0.05) is 22.5 Å². The van der Waals surface area contributed by atoms with Crippen LogP contribution in [0.25, 0.3) is 21.7 Å². The molecule has 4 nitrogen and oxygen atoms in total. The molecule has 4 heteroatoms. The molecule has 1 aromatic heterocycles. The Morgan fingerprint density at radius 2 is 1.65 bits per heavy atom. The molecule has 0 aliphatic carbocycles. The Morgan fingerprint density at radius 3 is 2.50 bits per heavy atom. The van der Waals surface area contributed by atoms with Crippen LogP contribution in [0.2, 0.25) is 0 Å². The Bertz CT molecular complexity index is 1080. The molecule has 0 amide bonds. The third kappa shape index (κ3) is 2.90. The number of carbonyl (C=O) groups is 1. The second-order valence-corrected chi connectivity index (χ2v) is 6.07. The van der Waals surface area contributed by atoms with Gasteiger partial charge >= 0.3 is 5.97 Å². The van der Waals surface area contributed by atoms with Gasteiger partial charge in [-0.3, -0.25) is 0 Å². The standard InChI is InChI=1S/C22H19NO3/c1-25-22(24)19-15-23(20-11-5-4-10-18(19)20)13-14-26-21-12-6-8-16-7-2-3-9-17(16)21/h2-12,15H,13-14H2,1H3. The van der Waals surface area contributed by atoms with Crippen LogP contribution >= 0.6 is 0 Å². The maximum atomic E-state index is 12.0. The fourth-order valence-corrected chi connectivity index (χ4v) is 3.28. The zero-order chi connectivity index (χ0) is 17.9. The summed E-state index contributed by atoms with van der Waals surface area (Å²) in [4.78, 5) is 12.0. The van der Waals surface area contributed by atoms with Gasteiger partial charge in [0.15, 0.2) is 0 Å². The first-order valence-electron chi connectivity index (χ1n) is 8.54. The number of carbonyl (C=O) groups excluding carboxylic acids is 1. The molecule has 3 aromatic carbocycles. The molecule has 1 heterocycles. The maximum absolute atomic E-state index is 12.0. The molecule has 0 spiro atoms. The summed E-state index contributed by atoms with van der Waals surface area (Å²) >= 11 is 0. The summed E-state index contributed by atoms with van der Waals surface area (Å²) < 4.78 is 13.0. The number of esters is 1. The van der Waals surface area contributed by atoms with Crippen molar-refractivity contribution >= 4 is 27.6 Å². The summed E-state index contributed by atoms with van der Waals surface area (Å²) in [5.41, 5.74) is 1.57. The quantitative estimate of drug-likeness (QED) is 0.494. The summed E-state index contributed by atoms with van der Waals surface area (Å²) in [7, 11) is 1.40. The Hall–Kier alpha value is -3.27. The zero-order valence-electron chi connectivity index (χ0n) is 14.5. The van der Waals surface area contributed by atoms with Gasteiger partial charge in [0.1, 0.15) is 12.4 Å². The lowest BCUT2D eigenvalue weighted by Gasteiger charge is -2.10. The summed E-state index contributed by atoms with van der Waals surface area (Å²) in [6.07, 6.45) is 1.84. The summed E-state index contributed by atoms with van der Waals surface area (Å²) in [6, 6.07) is 22.0. The van der Waals surface area contributed by atoms with Crippen molar-refractivity contribution in [1.82, 2.24) is 4.57 Å². The lowest BCUT2D eigenvalue weighted by atomic mass is 10.1. The van der Waals surface area contributed by atoms with Crippen LogP contribution in [-0.4, -0.2) is 24.3 Å². The number of hydrogen-bond acceptors (Lipinski definition) is 3. The van der Waals surface area contributed by atoms with Crippen molar-refractivity contribution in [3.8, 4) is 5.75 Å². The SMILES string of the molecule is COC(=O)c1cn(CCOc2cccc3ccccc23)c2ccccc12. The van der Waals surface area contributed by atoms with E-state index in [-0.39, 0.29) is 5.97 Å². The summed E-state index contributed by atoms with van der Waals surface area (Å²) in [5, 5.41) is 3.15. The van der Waals surface area contributed by atoms with E-state index in [0.29, 0.717) is 18.7 Å². The largest absolute Gasteiger partial charge is 0.491 e. The molecule has 130 valence electrons. The van der Waals surface area contributed by atoms with Crippen molar-refractivity contribution in [2.75, 3.05) is 13.7 Å². The molecule has 0 radical (unpaired) electrons. The average molecular weight is 345 g/mol. The van der Waals surface area contributed by atoms with Crippen LogP contribution in [0.1, 0.15) is 10.4 Å². The van der Waals surface area contributed by atoms with E-state index in [1.54, 1.807) is 0 Å². The van der Waals surface area contributed by atoms with Gasteiger partial charge < -0.3 is 14.0 Å². The van der Waals surface area contributed by atoms with Crippen molar-refractivity contribution < 1.29 is 14.3 Å². The molecule has 0 unspecified atom stereocenters. The van der Waals surface area contributed by atoms with Gasteiger partial charge in [-0.05, 0) is 17.5 Å². The molecular formula is C22H19NO3. The van der Waals surface area contributed by atoms with E-state index in [1.807, 2.05) is 59.3 Å². The van der Waals surface area contributed by atoms with E-state index < -0.39 is 0 Å². The number of hydrogen-bond donors (Lipinski definition) is 0. The first kappa shape index (κ1) is 16.2. The Labute approximate surface area is 151 Å². The van der Waals surface area contributed by atoms with E-state index in [4.69, 9.17) is 9.47 Å². The number of benzene rings is 3. The number of rotatable bonds is 5. The van der Waals surface area contributed by atoms with Crippen molar-refractivity contribution in [3.63, 3.8) is 0 Å². The van der Waals surface area contributed by atoms with Gasteiger partial charge in [0.25, 0.3) is 0 Å². The first-order chi connectivity index (χ1) is 12.8. The third-order valence-corrected chi connectivity index (χ3v) is 4.53. The van der Waals surface area contributed by atoms with Crippen LogP contribution in [0.15, 0.2) is 72.9 Å². The number of ether oxygens (including phenoxy) is 2. The highest BCUT2D eigenvalue weighted by Gasteiger charge is 2.15. The van der Waals surface area contributed by atoms with E-state index in [2.05, 4.69) is 18.2 Å². The number of nitrogens with zero attached hydrogens (tertiary/aromatic N) is 1. The number of methoxy groups -OCH3 is 1. The van der Waals surface area contributed by atoms with Crippen molar-refractivity contribution in [3.05, 3.63) is 78.5 Å². The normalized spacial score (nSPS) is 11.0. The molecule has 4 rings (SSSR count). The molecule has 0 aliphatic heterocycles. The molecule has 0 atom stereocenters. The van der Waals surface area contributed by atoms with Gasteiger partial charge in [-0.1, -0.05) is 54.6 Å². The second-order valence-electron chi connectivity index (χ2n) is 6.07. The Morgan fingerprint density at radius 1 is 0.923 bits per heavy atom. The Kier molecular flexibility index (Phi) is 4.32. The van der Waals surface area contributed by atoms with Crippen LogP contribution in [0.3, 0.4) is 0 Å². The van der Waals surface area contributed by atoms with Crippen LogP contribution in [0.4, 0.5) is 0 Å². The average Bonchev–Trinajstić information content (AvgIpc) is 3.06. The lowest BCUT2D eigenvalue weighted by Crippen LogP contribution is -2.07. The van der Waals surface area contributed by atoms with E-state index in [0.717, 1.165) is 27.4 Å². The maximum Gasteiger partial charge on any atom is 0.340 e. The third-order valence-electron chi connectivity index (χ3n) is 4.53. The highest BCUT2D eigenvalue weighted by molar-refractivity contribution is 6.04. The first-order valence-corrected chi connectivity index (χ1v) is 8.54. The molecule has 0 saturated heterocycles. The van der Waals surface area contributed by atoms with E-state index in [1.165, 1.54) is 7.11 Å². The number of para-hydroxylation sites is 1. The van der Waals surface area contributed by atoms with Gasteiger partial charge in [-0.25, -0.2) is 4.79 Å².